The molecule has 0 spiro atoms. The molecule has 0 aromatic heterocycles. The van der Waals surface area contributed by atoms with Crippen molar-refractivity contribution in [3.63, 3.8) is 0 Å². The quantitative estimate of drug-likeness (QED) is 0.813. The SMILES string of the molecule is CC[C@@H](NCc1ccccc1)c1ccccc1. The molecule has 0 amide bonds. The van der Waals surface area contributed by atoms with Crippen LogP contribution in [0.2, 0.25) is 0 Å². The molecular weight excluding hydrogens is 206 g/mol. The Morgan fingerprint density at radius 2 is 1.47 bits per heavy atom. The number of rotatable bonds is 5. The maximum Gasteiger partial charge on any atom is 0.0320 e. The summed E-state index contributed by atoms with van der Waals surface area (Å²) in [6, 6.07) is 21.6. The van der Waals surface area contributed by atoms with Crippen LogP contribution in [0.15, 0.2) is 60.7 Å². The van der Waals surface area contributed by atoms with Crippen LogP contribution in [0.25, 0.3) is 0 Å². The van der Waals surface area contributed by atoms with E-state index in [2.05, 4.69) is 72.9 Å². The van der Waals surface area contributed by atoms with Gasteiger partial charge in [-0.1, -0.05) is 67.6 Å². The molecule has 0 heterocycles. The maximum atomic E-state index is 3.60. The smallest absolute Gasteiger partial charge is 0.0320 e. The minimum absolute atomic E-state index is 0.441. The standard InChI is InChI=1S/C16H19N/c1-2-16(15-11-7-4-8-12-15)17-13-14-9-5-3-6-10-14/h3-12,16-17H,2,13H2,1H3/t16-/m1/s1. The third-order valence-corrected chi connectivity index (χ3v) is 3.01. The molecule has 0 bridgehead atoms. The minimum atomic E-state index is 0.441. The van der Waals surface area contributed by atoms with E-state index < -0.39 is 0 Å². The highest BCUT2D eigenvalue weighted by molar-refractivity contribution is 5.20. The molecular formula is C16H19N. The molecule has 0 aliphatic carbocycles. The summed E-state index contributed by atoms with van der Waals surface area (Å²) >= 11 is 0. The molecule has 2 rings (SSSR count). The van der Waals surface area contributed by atoms with E-state index in [0.29, 0.717) is 6.04 Å². The van der Waals surface area contributed by atoms with Crippen LogP contribution < -0.4 is 5.32 Å². The normalized spacial score (nSPS) is 12.3. The van der Waals surface area contributed by atoms with Gasteiger partial charge in [0.15, 0.2) is 0 Å². The van der Waals surface area contributed by atoms with Gasteiger partial charge in [-0.05, 0) is 17.5 Å². The Morgan fingerprint density at radius 3 is 2.06 bits per heavy atom. The highest BCUT2D eigenvalue weighted by atomic mass is 14.9. The van der Waals surface area contributed by atoms with Crippen molar-refractivity contribution >= 4 is 0 Å². The number of hydrogen-bond donors (Lipinski definition) is 1. The van der Waals surface area contributed by atoms with Gasteiger partial charge in [-0.15, -0.1) is 0 Å². The summed E-state index contributed by atoms with van der Waals surface area (Å²) in [5.74, 6) is 0. The van der Waals surface area contributed by atoms with E-state index in [4.69, 9.17) is 0 Å². The molecule has 1 heteroatoms. The van der Waals surface area contributed by atoms with Crippen LogP contribution in [0.3, 0.4) is 0 Å². The Labute approximate surface area is 103 Å². The van der Waals surface area contributed by atoms with Gasteiger partial charge in [0.2, 0.25) is 0 Å². The first-order valence-electron chi connectivity index (χ1n) is 6.22. The largest absolute Gasteiger partial charge is 0.306 e. The van der Waals surface area contributed by atoms with Crippen LogP contribution in [-0.4, -0.2) is 0 Å². The lowest BCUT2D eigenvalue weighted by Crippen LogP contribution is -2.20. The molecule has 88 valence electrons. The molecule has 0 radical (unpaired) electrons. The predicted molar refractivity (Wildman–Crippen MR) is 72.8 cm³/mol. The van der Waals surface area contributed by atoms with Gasteiger partial charge in [0.1, 0.15) is 0 Å². The molecule has 1 N–H and O–H groups in total. The van der Waals surface area contributed by atoms with Crippen LogP contribution in [0, 0.1) is 0 Å². The van der Waals surface area contributed by atoms with Crippen LogP contribution in [0.1, 0.15) is 30.5 Å². The van der Waals surface area contributed by atoms with E-state index >= 15 is 0 Å². The zero-order chi connectivity index (χ0) is 11.9. The second kappa shape index (κ2) is 6.21. The van der Waals surface area contributed by atoms with Crippen molar-refractivity contribution in [1.82, 2.24) is 5.32 Å². The Bertz CT molecular complexity index is 422. The Morgan fingerprint density at radius 1 is 0.882 bits per heavy atom. The van der Waals surface area contributed by atoms with Crippen molar-refractivity contribution in [3.8, 4) is 0 Å². The van der Waals surface area contributed by atoms with Crippen molar-refractivity contribution in [3.05, 3.63) is 71.8 Å². The van der Waals surface area contributed by atoms with Crippen LogP contribution >= 0.6 is 0 Å². The first-order valence-corrected chi connectivity index (χ1v) is 6.22. The molecule has 0 aliphatic heterocycles. The van der Waals surface area contributed by atoms with Gasteiger partial charge < -0.3 is 5.32 Å². The van der Waals surface area contributed by atoms with E-state index in [0.717, 1.165) is 13.0 Å². The summed E-state index contributed by atoms with van der Waals surface area (Å²) < 4.78 is 0. The Balaban J connectivity index is 1.97. The zero-order valence-corrected chi connectivity index (χ0v) is 10.3. The van der Waals surface area contributed by atoms with E-state index in [9.17, 15) is 0 Å². The minimum Gasteiger partial charge on any atom is -0.306 e. The summed E-state index contributed by atoms with van der Waals surface area (Å²) in [4.78, 5) is 0. The van der Waals surface area contributed by atoms with Gasteiger partial charge in [-0.2, -0.15) is 0 Å². The summed E-state index contributed by atoms with van der Waals surface area (Å²) in [6.45, 7) is 3.14. The molecule has 0 fully saturated rings. The van der Waals surface area contributed by atoms with E-state index in [-0.39, 0.29) is 0 Å². The Hall–Kier alpha value is -1.60. The summed E-state index contributed by atoms with van der Waals surface area (Å²) in [5, 5.41) is 3.60. The average Bonchev–Trinajstić information content (AvgIpc) is 2.42. The molecule has 1 nitrogen and oxygen atoms in total. The number of benzene rings is 2. The molecule has 2 aromatic rings. The van der Waals surface area contributed by atoms with Gasteiger partial charge in [0.05, 0.1) is 0 Å². The van der Waals surface area contributed by atoms with Crippen LogP contribution in [0.4, 0.5) is 0 Å². The lowest BCUT2D eigenvalue weighted by Gasteiger charge is -2.17. The summed E-state index contributed by atoms with van der Waals surface area (Å²) in [7, 11) is 0. The lowest BCUT2D eigenvalue weighted by atomic mass is 10.0. The lowest BCUT2D eigenvalue weighted by molar-refractivity contribution is 0.519. The fourth-order valence-corrected chi connectivity index (χ4v) is 2.02. The predicted octanol–water partition coefficient (Wildman–Crippen LogP) is 3.93. The van der Waals surface area contributed by atoms with E-state index in [1.165, 1.54) is 11.1 Å². The zero-order valence-electron chi connectivity index (χ0n) is 10.3. The van der Waals surface area contributed by atoms with Crippen molar-refractivity contribution in [2.45, 2.75) is 25.9 Å². The summed E-state index contributed by atoms with van der Waals surface area (Å²) in [6.07, 6.45) is 1.11. The molecule has 17 heavy (non-hydrogen) atoms. The highest BCUT2D eigenvalue weighted by Gasteiger charge is 2.07. The third-order valence-electron chi connectivity index (χ3n) is 3.01. The van der Waals surface area contributed by atoms with Gasteiger partial charge in [0, 0.05) is 12.6 Å². The summed E-state index contributed by atoms with van der Waals surface area (Å²) in [5.41, 5.74) is 2.70. The van der Waals surface area contributed by atoms with Gasteiger partial charge >= 0.3 is 0 Å². The topological polar surface area (TPSA) is 12.0 Å². The van der Waals surface area contributed by atoms with Crippen molar-refractivity contribution in [2.75, 3.05) is 0 Å². The van der Waals surface area contributed by atoms with Gasteiger partial charge in [-0.25, -0.2) is 0 Å². The fourth-order valence-electron chi connectivity index (χ4n) is 2.02. The molecule has 2 aromatic carbocycles. The van der Waals surface area contributed by atoms with Crippen molar-refractivity contribution in [1.29, 1.82) is 0 Å². The van der Waals surface area contributed by atoms with Gasteiger partial charge in [-0.3, -0.25) is 0 Å². The number of hydrogen-bond acceptors (Lipinski definition) is 1. The maximum absolute atomic E-state index is 3.60. The van der Waals surface area contributed by atoms with E-state index in [1.54, 1.807) is 0 Å². The second-order valence-corrected chi connectivity index (χ2v) is 4.24. The third kappa shape index (κ3) is 3.43. The highest BCUT2D eigenvalue weighted by Crippen LogP contribution is 2.16. The second-order valence-electron chi connectivity index (χ2n) is 4.24. The van der Waals surface area contributed by atoms with Crippen molar-refractivity contribution in [2.24, 2.45) is 0 Å². The van der Waals surface area contributed by atoms with Crippen molar-refractivity contribution < 1.29 is 0 Å². The first-order chi connectivity index (χ1) is 8.40. The average molecular weight is 225 g/mol. The van der Waals surface area contributed by atoms with Crippen LogP contribution in [-0.2, 0) is 6.54 Å². The molecule has 0 saturated heterocycles. The van der Waals surface area contributed by atoms with E-state index in [1.807, 2.05) is 0 Å². The fraction of sp³-hybridized carbons (Fsp3) is 0.250. The Kier molecular flexibility index (Phi) is 4.34. The molecule has 1 atom stereocenters. The molecule has 0 saturated carbocycles. The van der Waals surface area contributed by atoms with Crippen LogP contribution in [0.5, 0.6) is 0 Å². The van der Waals surface area contributed by atoms with Gasteiger partial charge in [0.25, 0.3) is 0 Å². The first kappa shape index (κ1) is 11.9. The number of nitrogens with one attached hydrogen (secondary N) is 1. The molecule has 0 unspecified atom stereocenters. The monoisotopic (exact) mass is 225 g/mol. The molecule has 0 aliphatic rings.